The molecule has 1 N–H and O–H groups in total. The van der Waals surface area contributed by atoms with Gasteiger partial charge in [0.2, 0.25) is 11.8 Å². The lowest BCUT2D eigenvalue weighted by Crippen LogP contribution is -2.47. The van der Waals surface area contributed by atoms with Crippen LogP contribution in [-0.4, -0.2) is 28.6 Å². The highest BCUT2D eigenvalue weighted by molar-refractivity contribution is 6.27. The first-order valence-electron chi connectivity index (χ1n) is 11.0. The molecule has 0 radical (unpaired) electrons. The number of nitrogens with zero attached hydrogens (tertiary/aromatic N) is 1. The van der Waals surface area contributed by atoms with Crippen LogP contribution in [0.4, 0.5) is 4.39 Å². The van der Waals surface area contributed by atoms with E-state index in [0.717, 1.165) is 49.7 Å². The first-order valence-corrected chi connectivity index (χ1v) is 11.5. The number of rotatable bonds is 7. The maximum Gasteiger partial charge on any atom is 0.247 e. The number of amides is 2. The Labute approximate surface area is 188 Å². The minimum Gasteiger partial charge on any atom is -0.351 e. The van der Waals surface area contributed by atoms with Crippen LogP contribution < -0.4 is 5.32 Å². The van der Waals surface area contributed by atoms with Gasteiger partial charge in [-0.2, -0.15) is 0 Å². The first-order chi connectivity index (χ1) is 15.0. The zero-order valence-corrected chi connectivity index (χ0v) is 18.7. The molecular weight excluding hydrogens is 415 g/mol. The molecule has 1 aliphatic carbocycles. The number of hydrogen-bond donors (Lipinski definition) is 1. The Kier molecular flexibility index (Phi) is 8.47. The second-order valence-electron chi connectivity index (χ2n) is 8.26. The summed E-state index contributed by atoms with van der Waals surface area (Å²) in [4.78, 5) is 27.7. The molecule has 31 heavy (non-hydrogen) atoms. The van der Waals surface area contributed by atoms with E-state index in [1.165, 1.54) is 11.0 Å². The summed E-state index contributed by atoms with van der Waals surface area (Å²) in [7, 11) is 0. The zero-order valence-electron chi connectivity index (χ0n) is 17.9. The summed E-state index contributed by atoms with van der Waals surface area (Å²) in [6.45, 7) is 2.15. The molecular formula is C25H30ClFN2O2. The van der Waals surface area contributed by atoms with Gasteiger partial charge in [0.15, 0.2) is 0 Å². The van der Waals surface area contributed by atoms with Gasteiger partial charge in [-0.15, -0.1) is 11.6 Å². The molecule has 1 fully saturated rings. The second kappa shape index (κ2) is 11.3. The van der Waals surface area contributed by atoms with E-state index < -0.39 is 17.8 Å². The summed E-state index contributed by atoms with van der Waals surface area (Å²) in [5.74, 6) is -1.57. The fraction of sp³-hybridized carbons (Fsp3) is 0.440. The molecule has 0 saturated heterocycles. The highest BCUT2D eigenvalue weighted by atomic mass is 35.5. The summed E-state index contributed by atoms with van der Waals surface area (Å²) in [6.07, 6.45) is 6.24. The standard InChI is InChI=1S/C25H30ClFN2O2/c1-18-12-14-19(15-13-18)17-29(23(30)16-26)24(21-10-6-7-11-22(21)27)25(31)28-20-8-4-2-3-5-9-20/h6-7,10-15,20,24H,2-5,8-9,16-17H2,1H3,(H,28,31). The Balaban J connectivity index is 1.94. The lowest BCUT2D eigenvalue weighted by Gasteiger charge is -2.32. The number of carbonyl (C=O) groups excluding carboxylic acids is 2. The van der Waals surface area contributed by atoms with Gasteiger partial charge in [0, 0.05) is 18.2 Å². The largest absolute Gasteiger partial charge is 0.351 e. The molecule has 0 heterocycles. The van der Waals surface area contributed by atoms with Gasteiger partial charge in [-0.05, 0) is 31.4 Å². The van der Waals surface area contributed by atoms with Crippen LogP contribution in [0.5, 0.6) is 0 Å². The highest BCUT2D eigenvalue weighted by Gasteiger charge is 2.34. The Morgan fingerprint density at radius 3 is 2.32 bits per heavy atom. The van der Waals surface area contributed by atoms with Crippen molar-refractivity contribution in [1.29, 1.82) is 0 Å². The molecule has 0 bridgehead atoms. The van der Waals surface area contributed by atoms with Gasteiger partial charge < -0.3 is 10.2 Å². The maximum absolute atomic E-state index is 14.8. The highest BCUT2D eigenvalue weighted by Crippen LogP contribution is 2.27. The smallest absolute Gasteiger partial charge is 0.247 e. The maximum atomic E-state index is 14.8. The number of nitrogens with one attached hydrogen (secondary N) is 1. The Morgan fingerprint density at radius 2 is 1.71 bits per heavy atom. The van der Waals surface area contributed by atoms with Crippen molar-refractivity contribution in [2.24, 2.45) is 0 Å². The fourth-order valence-electron chi connectivity index (χ4n) is 4.14. The van der Waals surface area contributed by atoms with Gasteiger partial charge in [0.25, 0.3) is 0 Å². The van der Waals surface area contributed by atoms with Crippen LogP contribution in [0.2, 0.25) is 0 Å². The second-order valence-corrected chi connectivity index (χ2v) is 8.53. The van der Waals surface area contributed by atoms with Crippen LogP contribution in [0.1, 0.15) is 61.3 Å². The van der Waals surface area contributed by atoms with Crippen molar-refractivity contribution in [3.05, 3.63) is 71.0 Å². The van der Waals surface area contributed by atoms with E-state index >= 15 is 0 Å². The molecule has 1 aliphatic rings. The predicted octanol–water partition coefficient (Wildman–Crippen LogP) is 5.28. The van der Waals surface area contributed by atoms with Crippen LogP contribution >= 0.6 is 11.6 Å². The van der Waals surface area contributed by atoms with E-state index in [0.29, 0.717) is 0 Å². The van der Waals surface area contributed by atoms with Crippen molar-refractivity contribution < 1.29 is 14.0 Å². The average molecular weight is 445 g/mol. The van der Waals surface area contributed by atoms with Gasteiger partial charge in [-0.3, -0.25) is 9.59 Å². The van der Waals surface area contributed by atoms with Crippen molar-refractivity contribution in [3.8, 4) is 0 Å². The van der Waals surface area contributed by atoms with Crippen LogP contribution in [0.25, 0.3) is 0 Å². The average Bonchev–Trinajstić information content (AvgIpc) is 3.04. The third kappa shape index (κ3) is 6.30. The van der Waals surface area contributed by atoms with E-state index in [4.69, 9.17) is 11.6 Å². The molecule has 6 heteroatoms. The van der Waals surface area contributed by atoms with Gasteiger partial charge >= 0.3 is 0 Å². The monoisotopic (exact) mass is 444 g/mol. The van der Waals surface area contributed by atoms with Crippen molar-refractivity contribution >= 4 is 23.4 Å². The van der Waals surface area contributed by atoms with Gasteiger partial charge in [-0.1, -0.05) is 73.7 Å². The number of carbonyl (C=O) groups is 2. The van der Waals surface area contributed by atoms with E-state index in [9.17, 15) is 14.0 Å². The Bertz CT molecular complexity index is 879. The number of halogens is 2. The Morgan fingerprint density at radius 1 is 1.06 bits per heavy atom. The van der Waals surface area contributed by atoms with Crippen LogP contribution in [-0.2, 0) is 16.1 Å². The molecule has 0 aromatic heterocycles. The summed E-state index contributed by atoms with van der Waals surface area (Å²) in [5, 5.41) is 3.10. The normalized spacial score (nSPS) is 15.7. The van der Waals surface area contributed by atoms with Gasteiger partial charge in [0.1, 0.15) is 17.7 Å². The van der Waals surface area contributed by atoms with Crippen molar-refractivity contribution in [2.45, 2.75) is 64.1 Å². The zero-order chi connectivity index (χ0) is 22.2. The first kappa shape index (κ1) is 23.3. The predicted molar refractivity (Wildman–Crippen MR) is 121 cm³/mol. The molecule has 166 valence electrons. The molecule has 1 unspecified atom stereocenters. The minimum atomic E-state index is -1.09. The summed E-state index contributed by atoms with van der Waals surface area (Å²) < 4.78 is 14.8. The SMILES string of the molecule is Cc1ccc(CN(C(=O)CCl)C(C(=O)NC2CCCCCC2)c2ccccc2F)cc1. The molecule has 0 aliphatic heterocycles. The summed E-state index contributed by atoms with van der Waals surface area (Å²) in [5.41, 5.74) is 2.13. The Hall–Kier alpha value is -2.40. The van der Waals surface area contributed by atoms with E-state index in [-0.39, 0.29) is 29.9 Å². The fourth-order valence-corrected chi connectivity index (χ4v) is 4.30. The third-order valence-electron chi connectivity index (χ3n) is 5.87. The lowest BCUT2D eigenvalue weighted by molar-refractivity contribution is -0.140. The lowest BCUT2D eigenvalue weighted by atomic mass is 10.0. The quantitative estimate of drug-likeness (QED) is 0.466. The number of aryl methyl sites for hydroxylation is 1. The molecule has 2 amide bonds. The van der Waals surface area contributed by atoms with Gasteiger partial charge in [-0.25, -0.2) is 4.39 Å². The van der Waals surface area contributed by atoms with Crippen molar-refractivity contribution in [3.63, 3.8) is 0 Å². The topological polar surface area (TPSA) is 49.4 Å². The summed E-state index contributed by atoms with van der Waals surface area (Å²) in [6, 6.07) is 12.8. The van der Waals surface area contributed by atoms with E-state index in [1.807, 2.05) is 31.2 Å². The number of benzene rings is 2. The van der Waals surface area contributed by atoms with E-state index in [2.05, 4.69) is 5.32 Å². The van der Waals surface area contributed by atoms with Crippen molar-refractivity contribution in [1.82, 2.24) is 10.2 Å². The molecule has 3 rings (SSSR count). The van der Waals surface area contributed by atoms with Crippen molar-refractivity contribution in [2.75, 3.05) is 5.88 Å². The van der Waals surface area contributed by atoms with E-state index in [1.54, 1.807) is 18.2 Å². The third-order valence-corrected chi connectivity index (χ3v) is 6.10. The minimum absolute atomic E-state index is 0.0385. The molecule has 1 saturated carbocycles. The van der Waals surface area contributed by atoms with Crippen LogP contribution in [0.15, 0.2) is 48.5 Å². The molecule has 0 spiro atoms. The molecule has 2 aromatic rings. The van der Waals surface area contributed by atoms with Crippen LogP contribution in [0, 0.1) is 12.7 Å². The van der Waals surface area contributed by atoms with Gasteiger partial charge in [0.05, 0.1) is 0 Å². The summed E-state index contributed by atoms with van der Waals surface area (Å²) >= 11 is 5.91. The number of alkyl halides is 1. The molecule has 2 aromatic carbocycles. The molecule has 4 nitrogen and oxygen atoms in total. The number of hydrogen-bond acceptors (Lipinski definition) is 2. The molecule has 1 atom stereocenters. The van der Waals surface area contributed by atoms with Crippen LogP contribution in [0.3, 0.4) is 0 Å².